The first-order valence-corrected chi connectivity index (χ1v) is 7.16. The highest BCUT2D eigenvalue weighted by Gasteiger charge is 2.28. The molecule has 0 radical (unpaired) electrons. The third-order valence-electron chi connectivity index (χ3n) is 4.16. The molecule has 0 bridgehead atoms. The van der Waals surface area contributed by atoms with Crippen LogP contribution in [0.15, 0.2) is 10.9 Å². The van der Waals surface area contributed by atoms with E-state index in [1.807, 2.05) is 0 Å². The van der Waals surface area contributed by atoms with Gasteiger partial charge in [0.25, 0.3) is 5.56 Å². The number of anilines is 1. The van der Waals surface area contributed by atoms with Gasteiger partial charge in [0.2, 0.25) is 0 Å². The van der Waals surface area contributed by atoms with Gasteiger partial charge in [-0.05, 0) is 39.8 Å². The Morgan fingerprint density at radius 3 is 2.84 bits per heavy atom. The minimum absolute atomic E-state index is 0.0149. The first-order valence-electron chi connectivity index (χ1n) is 7.16. The summed E-state index contributed by atoms with van der Waals surface area (Å²) in [6.45, 7) is 1.97. The highest BCUT2D eigenvalue weighted by Crippen LogP contribution is 2.38. The molecule has 1 aromatic rings. The molecule has 1 atom stereocenters. The Morgan fingerprint density at radius 1 is 1.37 bits per heavy atom. The fourth-order valence-electron chi connectivity index (χ4n) is 2.76. The highest BCUT2D eigenvalue weighted by atomic mass is 16.1. The van der Waals surface area contributed by atoms with Crippen LogP contribution in [0.4, 0.5) is 5.82 Å². The second-order valence-electron chi connectivity index (χ2n) is 5.97. The lowest BCUT2D eigenvalue weighted by molar-refractivity contribution is 0.257. The lowest BCUT2D eigenvalue weighted by Crippen LogP contribution is -2.45. The molecule has 1 unspecified atom stereocenters. The quantitative estimate of drug-likeness (QED) is 0.888. The Hall–Kier alpha value is -1.36. The first-order chi connectivity index (χ1) is 9.13. The Labute approximate surface area is 113 Å². The van der Waals surface area contributed by atoms with Crippen molar-refractivity contribution >= 4 is 5.82 Å². The van der Waals surface area contributed by atoms with Crippen LogP contribution < -0.4 is 10.5 Å². The van der Waals surface area contributed by atoms with Gasteiger partial charge in [0.05, 0.1) is 0 Å². The van der Waals surface area contributed by atoms with Crippen molar-refractivity contribution in [2.24, 2.45) is 0 Å². The first kappa shape index (κ1) is 12.7. The number of H-pyrrole nitrogens is 1. The van der Waals surface area contributed by atoms with E-state index >= 15 is 0 Å². The zero-order chi connectivity index (χ0) is 13.4. The van der Waals surface area contributed by atoms with E-state index in [2.05, 4.69) is 33.9 Å². The van der Waals surface area contributed by atoms with Crippen LogP contribution in [-0.4, -0.2) is 48.1 Å². The van der Waals surface area contributed by atoms with Crippen molar-refractivity contribution in [3.63, 3.8) is 0 Å². The zero-order valence-corrected chi connectivity index (χ0v) is 11.7. The Kier molecular flexibility index (Phi) is 3.31. The van der Waals surface area contributed by atoms with Crippen molar-refractivity contribution < 1.29 is 0 Å². The molecule has 2 aliphatic rings. The van der Waals surface area contributed by atoms with Crippen LogP contribution >= 0.6 is 0 Å². The van der Waals surface area contributed by atoms with Crippen LogP contribution in [0.2, 0.25) is 0 Å². The van der Waals surface area contributed by atoms with Crippen molar-refractivity contribution in [3.8, 4) is 0 Å². The maximum absolute atomic E-state index is 11.8. The minimum atomic E-state index is -0.0149. The lowest BCUT2D eigenvalue weighted by Gasteiger charge is -2.36. The second-order valence-corrected chi connectivity index (χ2v) is 5.97. The molecule has 1 saturated heterocycles. The molecule has 2 heterocycles. The molecule has 5 heteroatoms. The van der Waals surface area contributed by atoms with Gasteiger partial charge >= 0.3 is 0 Å². The number of piperidine rings is 1. The van der Waals surface area contributed by atoms with Gasteiger partial charge in [0.1, 0.15) is 11.6 Å². The maximum Gasteiger partial charge on any atom is 0.252 e. The van der Waals surface area contributed by atoms with E-state index in [-0.39, 0.29) is 5.56 Å². The number of aromatic amines is 1. The number of hydrogen-bond acceptors (Lipinski definition) is 4. The minimum Gasteiger partial charge on any atom is -0.355 e. The van der Waals surface area contributed by atoms with Crippen molar-refractivity contribution in [1.29, 1.82) is 0 Å². The summed E-state index contributed by atoms with van der Waals surface area (Å²) in [6, 6.07) is 2.20. The molecule has 2 fully saturated rings. The number of rotatable bonds is 3. The monoisotopic (exact) mass is 262 g/mol. The summed E-state index contributed by atoms with van der Waals surface area (Å²) < 4.78 is 0. The van der Waals surface area contributed by atoms with Crippen molar-refractivity contribution in [2.45, 2.75) is 37.6 Å². The summed E-state index contributed by atoms with van der Waals surface area (Å²) >= 11 is 0. The zero-order valence-electron chi connectivity index (χ0n) is 11.7. The maximum atomic E-state index is 11.8. The molecule has 3 rings (SSSR count). The summed E-state index contributed by atoms with van der Waals surface area (Å²) in [5.41, 5.74) is -0.0149. The molecule has 104 valence electrons. The molecule has 1 aromatic heterocycles. The van der Waals surface area contributed by atoms with Gasteiger partial charge in [0, 0.05) is 31.1 Å². The molecule has 0 amide bonds. The number of hydrogen-bond donors (Lipinski definition) is 1. The molecule has 1 aliphatic carbocycles. The van der Waals surface area contributed by atoms with Gasteiger partial charge in [-0.25, -0.2) is 4.98 Å². The molecule has 1 saturated carbocycles. The summed E-state index contributed by atoms with van der Waals surface area (Å²) in [7, 11) is 4.24. The Balaban J connectivity index is 1.82. The molecule has 0 spiro atoms. The van der Waals surface area contributed by atoms with Gasteiger partial charge in [-0.2, -0.15) is 0 Å². The van der Waals surface area contributed by atoms with Crippen LogP contribution in [0, 0.1) is 0 Å². The Morgan fingerprint density at radius 2 is 2.16 bits per heavy atom. The molecular weight excluding hydrogens is 240 g/mol. The van der Waals surface area contributed by atoms with Crippen molar-refractivity contribution in [2.75, 3.05) is 32.1 Å². The van der Waals surface area contributed by atoms with Crippen LogP contribution in [0.3, 0.4) is 0 Å². The van der Waals surface area contributed by atoms with E-state index in [0.29, 0.717) is 12.0 Å². The SMILES string of the molecule is CN(C)C1CCCN(c2cc(=O)[nH]c(C3CC3)n2)C1. The van der Waals surface area contributed by atoms with Gasteiger partial charge < -0.3 is 14.8 Å². The van der Waals surface area contributed by atoms with Crippen molar-refractivity contribution in [3.05, 3.63) is 22.2 Å². The predicted octanol–water partition coefficient (Wildman–Crippen LogP) is 1.18. The van der Waals surface area contributed by atoms with Gasteiger partial charge in [-0.1, -0.05) is 0 Å². The third-order valence-corrected chi connectivity index (χ3v) is 4.16. The topological polar surface area (TPSA) is 52.2 Å². The molecule has 0 aromatic carbocycles. The average molecular weight is 262 g/mol. The lowest BCUT2D eigenvalue weighted by atomic mass is 10.1. The number of nitrogens with zero attached hydrogens (tertiary/aromatic N) is 3. The predicted molar refractivity (Wildman–Crippen MR) is 75.8 cm³/mol. The second kappa shape index (κ2) is 4.96. The van der Waals surface area contributed by atoms with Crippen molar-refractivity contribution in [1.82, 2.24) is 14.9 Å². The van der Waals surface area contributed by atoms with Crippen LogP contribution in [0.1, 0.15) is 37.4 Å². The summed E-state index contributed by atoms with van der Waals surface area (Å²) in [6.07, 6.45) is 4.71. The van der Waals surface area contributed by atoms with E-state index in [1.165, 1.54) is 6.42 Å². The normalized spacial score (nSPS) is 23.9. The average Bonchev–Trinajstić information content (AvgIpc) is 3.22. The molecule has 1 aliphatic heterocycles. The van der Waals surface area contributed by atoms with Gasteiger partial charge in [0.15, 0.2) is 0 Å². The molecule has 19 heavy (non-hydrogen) atoms. The molecular formula is C14H22N4O. The summed E-state index contributed by atoms with van der Waals surface area (Å²) in [4.78, 5) is 23.8. The summed E-state index contributed by atoms with van der Waals surface area (Å²) in [5.74, 6) is 2.23. The van der Waals surface area contributed by atoms with Gasteiger partial charge in [-0.15, -0.1) is 0 Å². The van der Waals surface area contributed by atoms with E-state index in [9.17, 15) is 4.79 Å². The number of aromatic nitrogens is 2. The largest absolute Gasteiger partial charge is 0.355 e. The molecule has 1 N–H and O–H groups in total. The van der Waals surface area contributed by atoms with E-state index < -0.39 is 0 Å². The fourth-order valence-corrected chi connectivity index (χ4v) is 2.76. The van der Waals surface area contributed by atoms with Crippen LogP contribution in [-0.2, 0) is 0 Å². The number of nitrogens with one attached hydrogen (secondary N) is 1. The summed E-state index contributed by atoms with van der Waals surface area (Å²) in [5, 5.41) is 0. The van der Waals surface area contributed by atoms with E-state index in [1.54, 1.807) is 6.07 Å². The number of likely N-dealkylation sites (N-methyl/N-ethyl adjacent to an activating group) is 1. The van der Waals surface area contributed by atoms with Crippen LogP contribution in [0.25, 0.3) is 0 Å². The fraction of sp³-hybridized carbons (Fsp3) is 0.714. The molecule has 5 nitrogen and oxygen atoms in total. The smallest absolute Gasteiger partial charge is 0.252 e. The van der Waals surface area contributed by atoms with E-state index in [0.717, 1.165) is 44.0 Å². The third kappa shape index (κ3) is 2.81. The standard InChI is InChI=1S/C14H22N4O/c1-17(2)11-4-3-7-18(9-11)12-8-13(19)16-14(15-12)10-5-6-10/h8,10-11H,3-7,9H2,1-2H3,(H,15,16,19). The highest BCUT2D eigenvalue weighted by molar-refractivity contribution is 5.39. The van der Waals surface area contributed by atoms with Gasteiger partial charge in [-0.3, -0.25) is 4.79 Å². The van der Waals surface area contributed by atoms with Crippen LogP contribution in [0.5, 0.6) is 0 Å². The Bertz CT molecular complexity index is 506. The van der Waals surface area contributed by atoms with E-state index in [4.69, 9.17) is 0 Å².